The molecule has 1 aromatic heterocycles. The maximum absolute atomic E-state index is 12.7. The lowest BCUT2D eigenvalue weighted by molar-refractivity contribution is -0.141. The second kappa shape index (κ2) is 6.64. The van der Waals surface area contributed by atoms with E-state index in [0.717, 1.165) is 11.6 Å². The van der Waals surface area contributed by atoms with E-state index in [-0.39, 0.29) is 12.4 Å². The van der Waals surface area contributed by atoms with Crippen LogP contribution in [0.15, 0.2) is 41.2 Å². The Kier molecular flexibility index (Phi) is 4.83. The number of aromatic nitrogens is 1. The zero-order valence-corrected chi connectivity index (χ0v) is 11.7. The number of rotatable bonds is 4. The molecule has 1 aromatic carbocycles. The van der Waals surface area contributed by atoms with E-state index in [1.54, 1.807) is 17.1 Å². The smallest absolute Gasteiger partial charge is 0.352 e. The summed E-state index contributed by atoms with van der Waals surface area (Å²) in [5.74, 6) is -1.16. The Morgan fingerprint density at radius 2 is 1.74 bits per heavy atom. The van der Waals surface area contributed by atoms with Gasteiger partial charge >= 0.3 is 6.18 Å². The van der Waals surface area contributed by atoms with Gasteiger partial charge in [-0.3, -0.25) is 9.59 Å². The lowest BCUT2D eigenvalue weighted by Gasteiger charge is -2.08. The number of carbonyl (C=O) groups excluding carboxylic acids is 1. The molecule has 23 heavy (non-hydrogen) atoms. The largest absolute Gasteiger partial charge is 0.431 e. The van der Waals surface area contributed by atoms with E-state index in [2.05, 4.69) is 5.32 Å². The fourth-order valence-corrected chi connectivity index (χ4v) is 1.88. The average Bonchev–Trinajstić information content (AvgIpc) is 2.48. The molecule has 4 nitrogen and oxygen atoms in total. The fraction of sp³-hybridized carbons (Fsp3) is 0.200. The Hall–Kier alpha value is -2.64. The first kappa shape index (κ1) is 16.7. The van der Waals surface area contributed by atoms with Crippen molar-refractivity contribution in [1.82, 2.24) is 10.3 Å². The Bertz CT molecular complexity index is 751. The fourth-order valence-electron chi connectivity index (χ4n) is 1.88. The topological polar surface area (TPSA) is 62.0 Å². The van der Waals surface area contributed by atoms with E-state index in [1.165, 1.54) is 12.1 Å². The molecule has 0 atom stereocenters. The van der Waals surface area contributed by atoms with Crippen molar-refractivity contribution in [3.8, 4) is 0 Å². The van der Waals surface area contributed by atoms with Crippen LogP contribution in [-0.4, -0.2) is 17.4 Å². The van der Waals surface area contributed by atoms with Crippen molar-refractivity contribution >= 4 is 5.91 Å². The summed E-state index contributed by atoms with van der Waals surface area (Å²) >= 11 is 0. The molecule has 0 aliphatic carbocycles. The van der Waals surface area contributed by atoms with Crippen molar-refractivity contribution < 1.29 is 22.4 Å². The van der Waals surface area contributed by atoms with Crippen molar-refractivity contribution in [2.75, 3.05) is 6.54 Å². The first-order chi connectivity index (χ1) is 10.8. The quantitative estimate of drug-likeness (QED) is 0.847. The SMILES string of the molecule is O=C(NCCc1ccc(F)cc1)c1ccc(C(F)(F)F)[nH]c1=O. The van der Waals surface area contributed by atoms with E-state index in [4.69, 9.17) is 0 Å². The maximum atomic E-state index is 12.7. The molecular weight excluding hydrogens is 316 g/mol. The molecule has 1 amide bonds. The number of carbonyl (C=O) groups is 1. The predicted octanol–water partition coefficient (Wildman–Crippen LogP) is 2.51. The van der Waals surface area contributed by atoms with Gasteiger partial charge in [-0.2, -0.15) is 13.2 Å². The first-order valence-electron chi connectivity index (χ1n) is 6.60. The second-order valence-electron chi connectivity index (χ2n) is 4.74. The number of H-pyrrole nitrogens is 1. The minimum Gasteiger partial charge on any atom is -0.352 e. The first-order valence-corrected chi connectivity index (χ1v) is 6.60. The molecule has 0 saturated carbocycles. The van der Waals surface area contributed by atoms with E-state index in [1.807, 2.05) is 0 Å². The lowest BCUT2D eigenvalue weighted by atomic mass is 10.1. The minimum absolute atomic E-state index is 0.158. The van der Waals surface area contributed by atoms with Gasteiger partial charge in [0, 0.05) is 6.54 Å². The molecule has 2 aromatic rings. The third kappa shape index (κ3) is 4.41. The second-order valence-corrected chi connectivity index (χ2v) is 4.74. The highest BCUT2D eigenvalue weighted by atomic mass is 19.4. The van der Waals surface area contributed by atoms with Crippen LogP contribution in [0.5, 0.6) is 0 Å². The summed E-state index contributed by atoms with van der Waals surface area (Å²) in [5.41, 5.74) is -1.96. The number of halogens is 4. The zero-order chi connectivity index (χ0) is 17.0. The molecule has 1 heterocycles. The number of hydrogen-bond acceptors (Lipinski definition) is 2. The summed E-state index contributed by atoms with van der Waals surface area (Å²) in [6.07, 6.45) is -4.29. The maximum Gasteiger partial charge on any atom is 0.431 e. The van der Waals surface area contributed by atoms with E-state index < -0.39 is 28.9 Å². The third-order valence-electron chi connectivity index (χ3n) is 3.07. The highest BCUT2D eigenvalue weighted by molar-refractivity contribution is 5.93. The standard InChI is InChI=1S/C15H12F4N2O2/c16-10-3-1-9(2-4-10)7-8-20-13(22)11-5-6-12(15(17,18)19)21-14(11)23/h1-6H,7-8H2,(H,20,22)(H,21,23). The summed E-state index contributed by atoms with van der Waals surface area (Å²) in [7, 11) is 0. The van der Waals surface area contributed by atoms with Crippen LogP contribution >= 0.6 is 0 Å². The van der Waals surface area contributed by atoms with Crippen molar-refractivity contribution in [2.24, 2.45) is 0 Å². The molecule has 8 heteroatoms. The lowest BCUT2D eigenvalue weighted by Crippen LogP contribution is -2.32. The van der Waals surface area contributed by atoms with Crippen LogP contribution in [0.1, 0.15) is 21.6 Å². The van der Waals surface area contributed by atoms with Gasteiger partial charge < -0.3 is 10.3 Å². The number of aromatic amines is 1. The van der Waals surface area contributed by atoms with Crippen LogP contribution in [0.4, 0.5) is 17.6 Å². The number of nitrogens with one attached hydrogen (secondary N) is 2. The zero-order valence-electron chi connectivity index (χ0n) is 11.7. The number of alkyl halides is 3. The summed E-state index contributed by atoms with van der Waals surface area (Å²) in [6, 6.07) is 7.11. The van der Waals surface area contributed by atoms with E-state index >= 15 is 0 Å². The van der Waals surface area contributed by atoms with Crippen LogP contribution in [0.2, 0.25) is 0 Å². The van der Waals surface area contributed by atoms with Gasteiger partial charge in [0.05, 0.1) is 0 Å². The van der Waals surface area contributed by atoms with Crippen LogP contribution in [0.3, 0.4) is 0 Å². The van der Waals surface area contributed by atoms with Crippen LogP contribution in [0, 0.1) is 5.82 Å². The van der Waals surface area contributed by atoms with Gasteiger partial charge in [0.25, 0.3) is 11.5 Å². The van der Waals surface area contributed by atoms with Crippen LogP contribution in [-0.2, 0) is 12.6 Å². The molecule has 0 unspecified atom stereocenters. The van der Waals surface area contributed by atoms with Crippen molar-refractivity contribution in [3.63, 3.8) is 0 Å². The Balaban J connectivity index is 1.98. The van der Waals surface area contributed by atoms with Gasteiger partial charge in [-0.1, -0.05) is 12.1 Å². The predicted molar refractivity (Wildman–Crippen MR) is 74.5 cm³/mol. The molecule has 2 N–H and O–H groups in total. The number of benzene rings is 1. The Morgan fingerprint density at radius 3 is 2.30 bits per heavy atom. The molecular formula is C15H12F4N2O2. The summed E-state index contributed by atoms with van der Waals surface area (Å²) in [6.45, 7) is 0.158. The van der Waals surface area contributed by atoms with E-state index in [0.29, 0.717) is 12.5 Å². The number of amides is 1. The van der Waals surface area contributed by atoms with Gasteiger partial charge in [-0.25, -0.2) is 4.39 Å². The molecule has 0 aliphatic rings. The van der Waals surface area contributed by atoms with Gasteiger partial charge in [0.1, 0.15) is 17.1 Å². The van der Waals surface area contributed by atoms with Gasteiger partial charge in [0.2, 0.25) is 0 Å². The summed E-state index contributed by atoms with van der Waals surface area (Å²) in [4.78, 5) is 25.0. The Labute approximate surface area is 128 Å². The molecule has 0 fully saturated rings. The highest BCUT2D eigenvalue weighted by Crippen LogP contribution is 2.26. The Morgan fingerprint density at radius 1 is 1.09 bits per heavy atom. The molecule has 2 rings (SSSR count). The minimum atomic E-state index is -4.68. The van der Waals surface area contributed by atoms with Gasteiger partial charge in [0.15, 0.2) is 0 Å². The van der Waals surface area contributed by atoms with E-state index in [9.17, 15) is 27.2 Å². The molecule has 0 aliphatic heterocycles. The summed E-state index contributed by atoms with van der Waals surface area (Å²) < 4.78 is 50.0. The molecule has 0 saturated heterocycles. The normalized spacial score (nSPS) is 11.3. The molecule has 0 spiro atoms. The van der Waals surface area contributed by atoms with Crippen LogP contribution in [0.25, 0.3) is 0 Å². The average molecular weight is 328 g/mol. The van der Waals surface area contributed by atoms with Crippen molar-refractivity contribution in [1.29, 1.82) is 0 Å². The monoisotopic (exact) mass is 328 g/mol. The number of hydrogen-bond donors (Lipinski definition) is 2. The van der Waals surface area contributed by atoms with Gasteiger partial charge in [-0.05, 0) is 36.2 Å². The third-order valence-corrected chi connectivity index (χ3v) is 3.07. The number of pyridine rings is 1. The molecule has 0 bridgehead atoms. The summed E-state index contributed by atoms with van der Waals surface area (Å²) in [5, 5.41) is 2.43. The van der Waals surface area contributed by atoms with Gasteiger partial charge in [-0.15, -0.1) is 0 Å². The van der Waals surface area contributed by atoms with Crippen LogP contribution < -0.4 is 10.9 Å². The van der Waals surface area contributed by atoms with Crippen molar-refractivity contribution in [3.05, 3.63) is 69.4 Å². The molecule has 122 valence electrons. The highest BCUT2D eigenvalue weighted by Gasteiger charge is 2.32. The van der Waals surface area contributed by atoms with Crippen molar-refractivity contribution in [2.45, 2.75) is 12.6 Å². The molecule has 0 radical (unpaired) electrons.